The first-order chi connectivity index (χ1) is 11.6. The zero-order valence-corrected chi connectivity index (χ0v) is 14.1. The molecule has 0 atom stereocenters. The summed E-state index contributed by atoms with van der Waals surface area (Å²) in [5.41, 5.74) is 6.24. The smallest absolute Gasteiger partial charge is 0.267 e. The maximum Gasteiger partial charge on any atom is 0.267 e. The van der Waals surface area contributed by atoms with Crippen molar-refractivity contribution < 1.29 is 0 Å². The monoisotopic (exact) mass is 320 g/mol. The van der Waals surface area contributed by atoms with Gasteiger partial charge in [0.1, 0.15) is 0 Å². The molecule has 3 aromatic rings. The third-order valence-electron chi connectivity index (χ3n) is 3.99. The fraction of sp³-hybridized carbons (Fsp3) is 0.211. The molecule has 3 rings (SSSR count). The lowest BCUT2D eigenvalue weighted by molar-refractivity contribution is 0.945. The summed E-state index contributed by atoms with van der Waals surface area (Å²) in [6.45, 7) is 5.94. The van der Waals surface area contributed by atoms with Gasteiger partial charge in [-0.3, -0.25) is 4.79 Å². The van der Waals surface area contributed by atoms with Crippen LogP contribution in [-0.2, 0) is 0 Å². The molecule has 0 aliphatic carbocycles. The summed E-state index contributed by atoms with van der Waals surface area (Å²) in [6, 6.07) is 15.1. The molecule has 0 radical (unpaired) electrons. The molecule has 2 aromatic carbocycles. The number of aryl methyl sites for hydroxylation is 1. The van der Waals surface area contributed by atoms with E-state index in [9.17, 15) is 4.79 Å². The van der Waals surface area contributed by atoms with Crippen LogP contribution >= 0.6 is 0 Å². The summed E-state index contributed by atoms with van der Waals surface area (Å²) < 4.78 is 1.59. The highest BCUT2D eigenvalue weighted by Crippen LogP contribution is 2.19. The molecule has 122 valence electrons. The molecule has 0 aliphatic rings. The minimum Gasteiger partial charge on any atom is -0.268 e. The van der Waals surface area contributed by atoms with E-state index in [4.69, 9.17) is 0 Å². The predicted octanol–water partition coefficient (Wildman–Crippen LogP) is 3.89. The number of hydrogen-bond acceptors (Lipinski definition) is 4. The summed E-state index contributed by atoms with van der Waals surface area (Å²) in [7, 11) is 0. The summed E-state index contributed by atoms with van der Waals surface area (Å²) in [6.07, 6.45) is 0.829. The maximum atomic E-state index is 13.1. The van der Waals surface area contributed by atoms with E-state index in [1.165, 1.54) is 0 Å². The van der Waals surface area contributed by atoms with Gasteiger partial charge in [-0.25, -0.2) is 15.0 Å². The molecule has 5 heteroatoms. The molecule has 1 aromatic heterocycles. The van der Waals surface area contributed by atoms with E-state index in [1.807, 2.05) is 63.2 Å². The van der Waals surface area contributed by atoms with Crippen molar-refractivity contribution in [1.29, 1.82) is 0 Å². The van der Waals surface area contributed by atoms with Gasteiger partial charge in [0.05, 0.1) is 16.6 Å². The van der Waals surface area contributed by atoms with E-state index in [0.29, 0.717) is 16.9 Å². The van der Waals surface area contributed by atoms with E-state index in [-0.39, 0.29) is 5.56 Å². The highest BCUT2D eigenvalue weighted by molar-refractivity contribution is 5.83. The van der Waals surface area contributed by atoms with Crippen molar-refractivity contribution in [3.05, 3.63) is 64.4 Å². The first-order valence-electron chi connectivity index (χ1n) is 7.98. The van der Waals surface area contributed by atoms with E-state index in [0.717, 1.165) is 23.4 Å². The van der Waals surface area contributed by atoms with Gasteiger partial charge in [-0.2, -0.15) is 5.10 Å². The lowest BCUT2D eigenvalue weighted by atomic mass is 10.2. The van der Waals surface area contributed by atoms with Gasteiger partial charge in [-0.1, -0.05) is 37.3 Å². The van der Waals surface area contributed by atoms with Crippen molar-refractivity contribution in [2.75, 3.05) is 5.43 Å². The van der Waals surface area contributed by atoms with E-state index in [1.54, 1.807) is 10.6 Å². The molecule has 0 amide bonds. The molecule has 5 nitrogen and oxygen atoms in total. The van der Waals surface area contributed by atoms with Gasteiger partial charge in [-0.05, 0) is 44.0 Å². The lowest BCUT2D eigenvalue weighted by Crippen LogP contribution is -2.23. The topological polar surface area (TPSA) is 59.3 Å². The van der Waals surface area contributed by atoms with Crippen molar-refractivity contribution in [1.82, 2.24) is 9.55 Å². The third-order valence-corrected chi connectivity index (χ3v) is 3.99. The number of fused-ring (bicyclic) bond motifs is 1. The van der Waals surface area contributed by atoms with Crippen LogP contribution in [0.4, 0.5) is 5.95 Å². The van der Waals surface area contributed by atoms with E-state index < -0.39 is 0 Å². The molecule has 0 unspecified atom stereocenters. The summed E-state index contributed by atoms with van der Waals surface area (Å²) in [5.74, 6) is 0.417. The number of aromatic nitrogens is 2. The second-order valence-corrected chi connectivity index (χ2v) is 5.69. The Morgan fingerprint density at radius 1 is 1.17 bits per heavy atom. The molecular formula is C19H20N4O. The van der Waals surface area contributed by atoms with Crippen molar-refractivity contribution in [2.24, 2.45) is 5.10 Å². The highest BCUT2D eigenvalue weighted by Gasteiger charge is 2.13. The van der Waals surface area contributed by atoms with Crippen LogP contribution in [0.25, 0.3) is 16.6 Å². The van der Waals surface area contributed by atoms with Gasteiger partial charge >= 0.3 is 0 Å². The second kappa shape index (κ2) is 6.66. The highest BCUT2D eigenvalue weighted by atomic mass is 16.1. The molecule has 0 aliphatic heterocycles. The Kier molecular flexibility index (Phi) is 4.42. The van der Waals surface area contributed by atoms with Gasteiger partial charge in [0, 0.05) is 5.71 Å². The Morgan fingerprint density at radius 2 is 1.88 bits per heavy atom. The number of hydrazone groups is 1. The molecule has 1 heterocycles. The van der Waals surface area contributed by atoms with Crippen molar-refractivity contribution in [3.8, 4) is 5.69 Å². The number of nitrogens with zero attached hydrogens (tertiary/aromatic N) is 3. The zero-order chi connectivity index (χ0) is 17.1. The van der Waals surface area contributed by atoms with Gasteiger partial charge in [0.15, 0.2) is 0 Å². The second-order valence-electron chi connectivity index (χ2n) is 5.69. The van der Waals surface area contributed by atoms with Crippen molar-refractivity contribution in [2.45, 2.75) is 27.2 Å². The fourth-order valence-electron chi connectivity index (χ4n) is 2.47. The molecule has 1 N–H and O–H groups in total. The summed E-state index contributed by atoms with van der Waals surface area (Å²) in [5, 5.41) is 4.91. The van der Waals surface area contributed by atoms with Gasteiger partial charge in [0.2, 0.25) is 5.95 Å². The van der Waals surface area contributed by atoms with Crippen LogP contribution in [0.5, 0.6) is 0 Å². The van der Waals surface area contributed by atoms with Crippen LogP contribution in [0.2, 0.25) is 0 Å². The SMILES string of the molecule is CC/C(C)=N/Nc1nc2ccccc2c(=O)n1-c1ccccc1C. The Balaban J connectivity index is 2.30. The standard InChI is InChI=1S/C19H20N4O/c1-4-14(3)21-22-19-20-16-11-7-6-10-15(16)18(24)23(19)17-12-8-5-9-13(17)2/h5-12H,4H2,1-3H3,(H,20,22)/b21-14+. The average molecular weight is 320 g/mol. The number of nitrogens with one attached hydrogen (secondary N) is 1. The lowest BCUT2D eigenvalue weighted by Gasteiger charge is -2.15. The van der Waals surface area contributed by atoms with Crippen LogP contribution in [0.15, 0.2) is 58.4 Å². The first kappa shape index (κ1) is 15.9. The average Bonchev–Trinajstić information content (AvgIpc) is 2.61. The molecule has 24 heavy (non-hydrogen) atoms. The molecule has 0 saturated heterocycles. The number of hydrogen-bond donors (Lipinski definition) is 1. The van der Waals surface area contributed by atoms with Crippen LogP contribution in [0.3, 0.4) is 0 Å². The Labute approximate surface area is 140 Å². The Hall–Kier alpha value is -2.95. The Morgan fingerprint density at radius 3 is 2.62 bits per heavy atom. The zero-order valence-electron chi connectivity index (χ0n) is 14.1. The maximum absolute atomic E-state index is 13.1. The van der Waals surface area contributed by atoms with Crippen LogP contribution in [0.1, 0.15) is 25.8 Å². The predicted molar refractivity (Wildman–Crippen MR) is 99.1 cm³/mol. The van der Waals surface area contributed by atoms with Crippen LogP contribution in [-0.4, -0.2) is 15.3 Å². The quantitative estimate of drug-likeness (QED) is 0.586. The summed E-state index contributed by atoms with van der Waals surface area (Å²) in [4.78, 5) is 17.7. The first-order valence-corrected chi connectivity index (χ1v) is 7.98. The number of para-hydroxylation sites is 2. The number of anilines is 1. The van der Waals surface area contributed by atoms with Gasteiger partial charge in [-0.15, -0.1) is 0 Å². The van der Waals surface area contributed by atoms with Gasteiger partial charge < -0.3 is 0 Å². The fourth-order valence-corrected chi connectivity index (χ4v) is 2.47. The molecule has 0 fully saturated rings. The van der Waals surface area contributed by atoms with Crippen molar-refractivity contribution in [3.63, 3.8) is 0 Å². The third kappa shape index (κ3) is 2.93. The minimum atomic E-state index is -0.109. The molecule has 0 saturated carbocycles. The van der Waals surface area contributed by atoms with E-state index >= 15 is 0 Å². The van der Waals surface area contributed by atoms with Crippen molar-refractivity contribution >= 4 is 22.6 Å². The summed E-state index contributed by atoms with van der Waals surface area (Å²) >= 11 is 0. The number of rotatable bonds is 4. The Bertz CT molecular complexity index is 973. The van der Waals surface area contributed by atoms with E-state index in [2.05, 4.69) is 15.5 Å². The molecule has 0 bridgehead atoms. The normalized spacial score (nSPS) is 11.7. The number of benzene rings is 2. The molecular weight excluding hydrogens is 300 g/mol. The molecule has 0 spiro atoms. The minimum absolute atomic E-state index is 0.109. The van der Waals surface area contributed by atoms with Crippen LogP contribution < -0.4 is 11.0 Å². The van der Waals surface area contributed by atoms with Gasteiger partial charge in [0.25, 0.3) is 5.56 Å². The van der Waals surface area contributed by atoms with Crippen LogP contribution in [0, 0.1) is 6.92 Å². The largest absolute Gasteiger partial charge is 0.268 e.